The van der Waals surface area contributed by atoms with Crippen molar-refractivity contribution in [2.45, 2.75) is 0 Å². The molecule has 4 nitrogen and oxygen atoms in total. The van der Waals surface area contributed by atoms with E-state index in [4.69, 9.17) is 0 Å². The highest BCUT2D eigenvalue weighted by Crippen LogP contribution is 2.03. The molecule has 0 saturated heterocycles. The Morgan fingerprint density at radius 3 is 2.50 bits per heavy atom. The second kappa shape index (κ2) is 4.50. The molecule has 1 aromatic rings. The van der Waals surface area contributed by atoms with Gasteiger partial charge < -0.3 is 5.32 Å². The number of thiol groups is 1. The lowest BCUT2D eigenvalue weighted by molar-refractivity contribution is 0.257. The smallest absolute Gasteiger partial charge is 0.307 e. The first-order valence-electron chi connectivity index (χ1n) is 3.27. The molecule has 0 aliphatic carbocycles. The number of hydrogen-bond acceptors (Lipinski definition) is 2. The van der Waals surface area contributed by atoms with Gasteiger partial charge in [-0.15, -0.1) is 0 Å². The van der Waals surface area contributed by atoms with Crippen molar-refractivity contribution in [3.63, 3.8) is 0 Å². The molecule has 2 N–H and O–H groups in total. The summed E-state index contributed by atoms with van der Waals surface area (Å²) in [6.45, 7) is 0. The molecular formula is C7H8N2O2S. The molecule has 1 aromatic carbocycles. The first-order chi connectivity index (χ1) is 5.83. The molecule has 0 atom stereocenters. The van der Waals surface area contributed by atoms with Crippen LogP contribution in [0.25, 0.3) is 0 Å². The molecule has 0 heterocycles. The highest BCUT2D eigenvalue weighted by atomic mass is 32.2. The van der Waals surface area contributed by atoms with Gasteiger partial charge in [0.25, 0.3) is 0 Å². The van der Waals surface area contributed by atoms with Crippen LogP contribution in [0.4, 0.5) is 10.5 Å². The molecule has 0 aromatic heterocycles. The molecule has 0 spiro atoms. The Balaban J connectivity index is 2.52. The third-order valence-electron chi connectivity index (χ3n) is 1.18. The van der Waals surface area contributed by atoms with Crippen molar-refractivity contribution in [1.29, 1.82) is 0 Å². The van der Waals surface area contributed by atoms with Gasteiger partial charge >= 0.3 is 6.03 Å². The van der Waals surface area contributed by atoms with E-state index < -0.39 is 17.9 Å². The van der Waals surface area contributed by atoms with Gasteiger partial charge in [-0.25, -0.2) is 9.00 Å². The second-order valence-corrected chi connectivity index (χ2v) is 2.43. The van der Waals surface area contributed by atoms with Gasteiger partial charge in [0, 0.05) is 5.69 Å². The molecule has 12 heavy (non-hydrogen) atoms. The molecular weight excluding hydrogens is 176 g/mol. The average molecular weight is 184 g/mol. The van der Waals surface area contributed by atoms with E-state index in [1.807, 2.05) is 6.07 Å². The summed E-state index contributed by atoms with van der Waals surface area (Å²) in [7, 11) is 0. The second-order valence-electron chi connectivity index (χ2n) is 2.02. The van der Waals surface area contributed by atoms with E-state index in [0.717, 1.165) is 0 Å². The minimum Gasteiger partial charge on any atom is -0.307 e. The summed E-state index contributed by atoms with van der Waals surface area (Å²) in [6.07, 6.45) is 0. The zero-order valence-electron chi connectivity index (χ0n) is 6.15. The van der Waals surface area contributed by atoms with Crippen LogP contribution in [0.5, 0.6) is 0 Å². The van der Waals surface area contributed by atoms with Crippen LogP contribution in [-0.2, 0) is 11.9 Å². The molecule has 0 aliphatic heterocycles. The Hall–Kier alpha value is -1.36. The third-order valence-corrected chi connectivity index (χ3v) is 1.47. The van der Waals surface area contributed by atoms with E-state index in [1.54, 1.807) is 24.3 Å². The molecule has 0 unspecified atom stereocenters. The third kappa shape index (κ3) is 2.71. The van der Waals surface area contributed by atoms with Crippen LogP contribution in [0.1, 0.15) is 0 Å². The number of rotatable bonds is 2. The van der Waals surface area contributed by atoms with E-state index >= 15 is 0 Å². The summed E-state index contributed by atoms with van der Waals surface area (Å²) in [6, 6.07) is 8.42. The lowest BCUT2D eigenvalue weighted by Gasteiger charge is -2.01. The zero-order chi connectivity index (χ0) is 8.81. The predicted molar refractivity (Wildman–Crippen MR) is 48.1 cm³/mol. The lowest BCUT2D eigenvalue weighted by atomic mass is 10.3. The molecule has 0 fully saturated rings. The van der Waals surface area contributed by atoms with Crippen LogP contribution in [-0.4, -0.2) is 10.2 Å². The Morgan fingerprint density at radius 1 is 1.25 bits per heavy atom. The van der Waals surface area contributed by atoms with Gasteiger partial charge in [0.15, 0.2) is 0 Å². The van der Waals surface area contributed by atoms with E-state index in [1.165, 1.54) is 0 Å². The van der Waals surface area contributed by atoms with Crippen LogP contribution in [0.3, 0.4) is 0 Å². The van der Waals surface area contributed by atoms with E-state index in [2.05, 4.69) is 10.0 Å². The van der Waals surface area contributed by atoms with Gasteiger partial charge in [-0.3, -0.25) is 4.72 Å². The number of nitrogens with one attached hydrogen (secondary N) is 2. The predicted octanol–water partition coefficient (Wildman–Crippen LogP) is 0.668. The van der Waals surface area contributed by atoms with Crippen molar-refractivity contribution in [3.8, 4) is 0 Å². The van der Waals surface area contributed by atoms with Crippen LogP contribution in [0, 0.1) is 0 Å². The minimum absolute atomic E-state index is 0.403. The molecule has 64 valence electrons. The van der Waals surface area contributed by atoms with Gasteiger partial charge in [0.2, 0.25) is 0 Å². The fraction of sp³-hybridized carbons (Fsp3) is 0. The molecule has 1 rings (SSSR count). The number of carbonyl (C=O) groups is 1. The van der Waals surface area contributed by atoms with E-state index in [0.29, 0.717) is 5.69 Å². The standard InChI is InChI=1S/C7H8N2O2S/c10-7(9-12-11)8-6-4-2-1-3-5-6/h1-5,12H,(H2,8,9,10,11). The highest BCUT2D eigenvalue weighted by Gasteiger charge is 1.96. The number of amides is 2. The first kappa shape index (κ1) is 8.73. The molecule has 0 radical (unpaired) electrons. The van der Waals surface area contributed by atoms with Crippen molar-refractivity contribution in [1.82, 2.24) is 4.72 Å². The Kier molecular flexibility index (Phi) is 3.28. The monoisotopic (exact) mass is 184 g/mol. The lowest BCUT2D eigenvalue weighted by Crippen LogP contribution is -2.24. The number of hydrogen-bond donors (Lipinski definition) is 3. The number of para-hydroxylation sites is 1. The number of urea groups is 1. The average Bonchev–Trinajstić information content (AvgIpc) is 2.06. The molecule has 0 aliphatic rings. The summed E-state index contributed by atoms with van der Waals surface area (Å²) in [5, 5.41) is 2.49. The Morgan fingerprint density at radius 2 is 1.92 bits per heavy atom. The Labute approximate surface area is 73.6 Å². The summed E-state index contributed by atoms with van der Waals surface area (Å²) < 4.78 is 12.0. The molecule has 0 saturated carbocycles. The van der Waals surface area contributed by atoms with Crippen molar-refractivity contribution >= 4 is 23.6 Å². The maximum Gasteiger partial charge on any atom is 0.330 e. The van der Waals surface area contributed by atoms with Crippen LogP contribution >= 0.6 is 0 Å². The fourth-order valence-electron chi connectivity index (χ4n) is 0.722. The topological polar surface area (TPSA) is 58.2 Å². The summed E-state index contributed by atoms with van der Waals surface area (Å²) in [5.74, 6) is 0. The van der Waals surface area contributed by atoms with E-state index in [9.17, 15) is 9.00 Å². The van der Waals surface area contributed by atoms with Crippen molar-refractivity contribution in [2.24, 2.45) is 0 Å². The molecule has 5 heteroatoms. The SMILES string of the molecule is O=[SH]NC(=O)Nc1ccccc1. The fourth-order valence-corrected chi connectivity index (χ4v) is 0.861. The van der Waals surface area contributed by atoms with Gasteiger partial charge in [0.05, 0.1) is 0 Å². The molecule has 0 bridgehead atoms. The summed E-state index contributed by atoms with van der Waals surface area (Å²) in [4.78, 5) is 10.8. The van der Waals surface area contributed by atoms with Gasteiger partial charge in [0.1, 0.15) is 11.9 Å². The van der Waals surface area contributed by atoms with E-state index in [-0.39, 0.29) is 0 Å². The zero-order valence-corrected chi connectivity index (χ0v) is 7.04. The maximum absolute atomic E-state index is 10.8. The normalized spacial score (nSPS) is 9.00. The van der Waals surface area contributed by atoms with Crippen LogP contribution < -0.4 is 10.0 Å². The van der Waals surface area contributed by atoms with Crippen LogP contribution in [0.15, 0.2) is 30.3 Å². The minimum atomic E-state index is -0.488. The van der Waals surface area contributed by atoms with Crippen molar-refractivity contribution in [2.75, 3.05) is 5.32 Å². The highest BCUT2D eigenvalue weighted by molar-refractivity contribution is 7.64. The van der Waals surface area contributed by atoms with Gasteiger partial charge in [-0.05, 0) is 12.1 Å². The van der Waals surface area contributed by atoms with Crippen molar-refractivity contribution < 1.29 is 9.00 Å². The van der Waals surface area contributed by atoms with Crippen LogP contribution in [0.2, 0.25) is 0 Å². The van der Waals surface area contributed by atoms with Gasteiger partial charge in [-0.2, -0.15) is 0 Å². The van der Waals surface area contributed by atoms with Gasteiger partial charge in [-0.1, -0.05) is 18.2 Å². The molecule has 2 amide bonds. The largest absolute Gasteiger partial charge is 0.330 e. The Bertz CT molecular complexity index is 276. The van der Waals surface area contributed by atoms with Crippen molar-refractivity contribution in [3.05, 3.63) is 30.3 Å². The number of carbonyl (C=O) groups excluding carboxylic acids is 1. The number of benzene rings is 1. The first-order valence-corrected chi connectivity index (χ1v) is 4.08. The maximum atomic E-state index is 10.8. The summed E-state index contributed by atoms with van der Waals surface area (Å²) >= 11 is -0.403. The quantitative estimate of drug-likeness (QED) is 0.592. The number of anilines is 1. The summed E-state index contributed by atoms with van der Waals surface area (Å²) in [5.41, 5.74) is 0.665.